The van der Waals surface area contributed by atoms with E-state index in [0.29, 0.717) is 0 Å². The van der Waals surface area contributed by atoms with E-state index < -0.39 is 0 Å². The Morgan fingerprint density at radius 1 is 0.889 bits per heavy atom. The van der Waals surface area contributed by atoms with Crippen molar-refractivity contribution in [3.63, 3.8) is 0 Å². The second kappa shape index (κ2) is 4.18. The average Bonchev–Trinajstić information content (AvgIpc) is 2.81. The van der Waals surface area contributed by atoms with Gasteiger partial charge in [-0.05, 0) is 48.7 Å². The van der Waals surface area contributed by atoms with Crippen LogP contribution in [0.4, 0.5) is 0 Å². The van der Waals surface area contributed by atoms with Crippen molar-refractivity contribution in [2.24, 2.45) is 0 Å². The van der Waals surface area contributed by atoms with Crippen molar-refractivity contribution in [1.82, 2.24) is 4.98 Å². The number of benzene rings is 2. The molecule has 0 saturated heterocycles. The molecule has 0 saturated carbocycles. The van der Waals surface area contributed by atoms with Crippen molar-refractivity contribution in [2.75, 3.05) is 0 Å². The summed E-state index contributed by atoms with van der Waals surface area (Å²) in [6.07, 6.45) is 0. The fourth-order valence-corrected chi connectivity index (χ4v) is 2.41. The maximum absolute atomic E-state index is 5.92. The lowest BCUT2D eigenvalue weighted by Crippen LogP contribution is -1.79. The second-order valence-electron chi connectivity index (χ2n) is 4.68. The van der Waals surface area contributed by atoms with E-state index in [4.69, 9.17) is 11.6 Å². The number of aromatic amines is 1. The monoisotopic (exact) mass is 255 g/mol. The summed E-state index contributed by atoms with van der Waals surface area (Å²) >= 11 is 5.92. The van der Waals surface area contributed by atoms with E-state index in [-0.39, 0.29) is 0 Å². The molecule has 2 aromatic carbocycles. The van der Waals surface area contributed by atoms with Gasteiger partial charge in [0.25, 0.3) is 0 Å². The fraction of sp³-hybridized carbons (Fsp3) is 0.125. The first-order chi connectivity index (χ1) is 8.65. The number of hydrogen-bond donors (Lipinski definition) is 1. The van der Waals surface area contributed by atoms with Crippen LogP contribution < -0.4 is 0 Å². The highest BCUT2D eigenvalue weighted by Crippen LogP contribution is 2.28. The van der Waals surface area contributed by atoms with Crippen molar-refractivity contribution in [3.8, 4) is 11.3 Å². The molecule has 1 N–H and O–H groups in total. The highest BCUT2D eigenvalue weighted by atomic mass is 35.5. The van der Waals surface area contributed by atoms with Gasteiger partial charge in [0.2, 0.25) is 0 Å². The van der Waals surface area contributed by atoms with E-state index >= 15 is 0 Å². The minimum absolute atomic E-state index is 0.766. The van der Waals surface area contributed by atoms with Crippen molar-refractivity contribution < 1.29 is 0 Å². The third-order valence-electron chi connectivity index (χ3n) is 3.38. The first kappa shape index (κ1) is 11.4. The largest absolute Gasteiger partial charge is 0.354 e. The average molecular weight is 256 g/mol. The number of H-pyrrole nitrogens is 1. The molecule has 0 amide bonds. The van der Waals surface area contributed by atoms with Gasteiger partial charge in [-0.25, -0.2) is 0 Å². The molecule has 2 heteroatoms. The van der Waals surface area contributed by atoms with Gasteiger partial charge in [0.15, 0.2) is 0 Å². The number of hydrogen-bond acceptors (Lipinski definition) is 0. The Morgan fingerprint density at radius 2 is 1.56 bits per heavy atom. The molecule has 0 unspecified atom stereocenters. The smallest absolute Gasteiger partial charge is 0.0491 e. The second-order valence-corrected chi connectivity index (χ2v) is 5.11. The highest BCUT2D eigenvalue weighted by Gasteiger charge is 2.07. The Labute approximate surface area is 111 Å². The predicted molar refractivity (Wildman–Crippen MR) is 78.2 cm³/mol. The van der Waals surface area contributed by atoms with Crippen LogP contribution in [0.3, 0.4) is 0 Å². The number of aryl methyl sites for hydroxylation is 2. The predicted octanol–water partition coefficient (Wildman–Crippen LogP) is 5.11. The van der Waals surface area contributed by atoms with Crippen molar-refractivity contribution in [2.45, 2.75) is 13.8 Å². The van der Waals surface area contributed by atoms with Crippen LogP contribution in [0.1, 0.15) is 11.1 Å². The van der Waals surface area contributed by atoms with E-state index in [0.717, 1.165) is 16.3 Å². The molecule has 0 aliphatic rings. The fourth-order valence-electron chi connectivity index (χ4n) is 2.28. The molecule has 0 fully saturated rings. The zero-order valence-electron chi connectivity index (χ0n) is 10.4. The Bertz CT molecular complexity index is 669. The van der Waals surface area contributed by atoms with E-state index in [1.54, 1.807) is 0 Å². The SMILES string of the molecule is Cc1ccc(C)c2[nH]c(-c3ccc(Cl)cc3)cc12. The maximum Gasteiger partial charge on any atom is 0.0491 e. The molecule has 3 aromatic rings. The summed E-state index contributed by atoms with van der Waals surface area (Å²) in [5, 5.41) is 2.06. The molecule has 0 bridgehead atoms. The molecular weight excluding hydrogens is 242 g/mol. The highest BCUT2D eigenvalue weighted by molar-refractivity contribution is 6.30. The molecule has 0 atom stereocenters. The minimum Gasteiger partial charge on any atom is -0.354 e. The van der Waals surface area contributed by atoms with Crippen LogP contribution in [-0.4, -0.2) is 4.98 Å². The Morgan fingerprint density at radius 3 is 2.22 bits per heavy atom. The van der Waals surface area contributed by atoms with Crippen LogP contribution >= 0.6 is 11.6 Å². The van der Waals surface area contributed by atoms with Gasteiger partial charge in [0.05, 0.1) is 0 Å². The van der Waals surface area contributed by atoms with Gasteiger partial charge in [0.1, 0.15) is 0 Å². The van der Waals surface area contributed by atoms with Crippen LogP contribution in [0, 0.1) is 13.8 Å². The first-order valence-electron chi connectivity index (χ1n) is 6.00. The van der Waals surface area contributed by atoms with Gasteiger partial charge >= 0.3 is 0 Å². The third-order valence-corrected chi connectivity index (χ3v) is 3.63. The maximum atomic E-state index is 5.92. The van der Waals surface area contributed by atoms with Crippen molar-refractivity contribution in [3.05, 3.63) is 58.6 Å². The van der Waals surface area contributed by atoms with E-state index in [2.05, 4.69) is 37.0 Å². The number of halogens is 1. The van der Waals surface area contributed by atoms with E-state index in [1.165, 1.54) is 22.0 Å². The number of fused-ring (bicyclic) bond motifs is 1. The molecule has 0 aliphatic heterocycles. The Balaban J connectivity index is 2.22. The lowest BCUT2D eigenvalue weighted by atomic mass is 10.1. The zero-order valence-corrected chi connectivity index (χ0v) is 11.2. The van der Waals surface area contributed by atoms with Gasteiger partial charge < -0.3 is 4.98 Å². The molecular formula is C16H14ClN. The summed E-state index contributed by atoms with van der Waals surface area (Å²) in [5.74, 6) is 0. The van der Waals surface area contributed by atoms with Crippen LogP contribution in [0.15, 0.2) is 42.5 Å². The molecule has 1 aromatic heterocycles. The van der Waals surface area contributed by atoms with Gasteiger partial charge in [-0.1, -0.05) is 35.9 Å². The van der Waals surface area contributed by atoms with Crippen LogP contribution in [0.25, 0.3) is 22.2 Å². The van der Waals surface area contributed by atoms with Gasteiger partial charge in [-0.15, -0.1) is 0 Å². The molecule has 1 nitrogen and oxygen atoms in total. The van der Waals surface area contributed by atoms with Gasteiger partial charge in [0, 0.05) is 21.6 Å². The van der Waals surface area contributed by atoms with Gasteiger partial charge in [-0.2, -0.15) is 0 Å². The standard InChI is InChI=1S/C16H14ClN/c1-10-3-4-11(2)16-14(10)9-15(18-16)12-5-7-13(17)8-6-12/h3-9,18H,1-2H3. The molecule has 0 aliphatic carbocycles. The van der Waals surface area contributed by atoms with E-state index in [1.807, 2.05) is 24.3 Å². The van der Waals surface area contributed by atoms with Crippen LogP contribution in [0.2, 0.25) is 5.02 Å². The minimum atomic E-state index is 0.766. The summed E-state index contributed by atoms with van der Waals surface area (Å²) in [6, 6.07) is 14.4. The van der Waals surface area contributed by atoms with Gasteiger partial charge in [-0.3, -0.25) is 0 Å². The molecule has 0 spiro atoms. The molecule has 0 radical (unpaired) electrons. The Kier molecular flexibility index (Phi) is 2.64. The summed E-state index contributed by atoms with van der Waals surface area (Å²) in [5.41, 5.74) is 6.09. The summed E-state index contributed by atoms with van der Waals surface area (Å²) in [7, 11) is 0. The lowest BCUT2D eigenvalue weighted by Gasteiger charge is -1.98. The molecule has 18 heavy (non-hydrogen) atoms. The Hall–Kier alpha value is -1.73. The number of rotatable bonds is 1. The lowest BCUT2D eigenvalue weighted by molar-refractivity contribution is 1.39. The molecule has 90 valence electrons. The number of aromatic nitrogens is 1. The van der Waals surface area contributed by atoms with Crippen LogP contribution in [0.5, 0.6) is 0 Å². The van der Waals surface area contributed by atoms with Crippen molar-refractivity contribution >= 4 is 22.5 Å². The summed E-state index contributed by atoms with van der Waals surface area (Å²) < 4.78 is 0. The first-order valence-corrected chi connectivity index (χ1v) is 6.38. The quantitative estimate of drug-likeness (QED) is 0.622. The summed E-state index contributed by atoms with van der Waals surface area (Å²) in [6.45, 7) is 4.27. The van der Waals surface area contributed by atoms with Crippen molar-refractivity contribution in [1.29, 1.82) is 0 Å². The van der Waals surface area contributed by atoms with E-state index in [9.17, 15) is 0 Å². The zero-order chi connectivity index (χ0) is 12.7. The van der Waals surface area contributed by atoms with Crippen LogP contribution in [-0.2, 0) is 0 Å². The molecule has 3 rings (SSSR count). The molecule has 1 heterocycles. The topological polar surface area (TPSA) is 15.8 Å². The number of nitrogens with one attached hydrogen (secondary N) is 1. The normalized spacial score (nSPS) is 11.1. The third kappa shape index (κ3) is 1.81. The summed E-state index contributed by atoms with van der Waals surface area (Å²) in [4.78, 5) is 3.50.